The van der Waals surface area contributed by atoms with Gasteiger partial charge in [-0.05, 0) is 31.0 Å². The molecule has 0 bridgehead atoms. The van der Waals surface area contributed by atoms with E-state index in [2.05, 4.69) is 0 Å². The van der Waals surface area contributed by atoms with Crippen LogP contribution < -0.4 is 0 Å². The first-order valence-electron chi connectivity index (χ1n) is 5.57. The zero-order valence-corrected chi connectivity index (χ0v) is 11.0. The first kappa shape index (κ1) is 12.6. The van der Waals surface area contributed by atoms with Gasteiger partial charge in [0.15, 0.2) is 0 Å². The van der Waals surface area contributed by atoms with Gasteiger partial charge in [0.2, 0.25) is 0 Å². The van der Waals surface area contributed by atoms with Crippen molar-refractivity contribution in [2.24, 2.45) is 0 Å². The fourth-order valence-corrected chi connectivity index (χ4v) is 2.77. The van der Waals surface area contributed by atoms with E-state index in [1.165, 1.54) is 11.8 Å². The quantitative estimate of drug-likeness (QED) is 0.607. The molecule has 0 aliphatic rings. The Morgan fingerprint density at radius 2 is 1.67 bits per heavy atom. The Hall–Kier alpha value is -1.81. The summed E-state index contributed by atoms with van der Waals surface area (Å²) in [4.78, 5) is 12.5. The van der Waals surface area contributed by atoms with Gasteiger partial charge in [-0.15, -0.1) is 0 Å². The predicted octanol–water partition coefficient (Wildman–Crippen LogP) is 4.36. The van der Waals surface area contributed by atoms with Crippen molar-refractivity contribution in [3.05, 3.63) is 63.7 Å². The Morgan fingerprint density at radius 3 is 2.33 bits per heavy atom. The van der Waals surface area contributed by atoms with E-state index in [9.17, 15) is 10.1 Å². The molecule has 3 nitrogen and oxygen atoms in total. The molecule has 0 atom stereocenters. The molecule has 0 saturated carbocycles. The van der Waals surface area contributed by atoms with Gasteiger partial charge in [0.1, 0.15) is 0 Å². The summed E-state index contributed by atoms with van der Waals surface area (Å²) in [5, 5.41) is 11.0. The highest BCUT2D eigenvalue weighted by molar-refractivity contribution is 7.99. The third-order valence-corrected chi connectivity index (χ3v) is 4.11. The summed E-state index contributed by atoms with van der Waals surface area (Å²) >= 11 is 1.45. The summed E-state index contributed by atoms with van der Waals surface area (Å²) in [7, 11) is 0. The van der Waals surface area contributed by atoms with Crippen molar-refractivity contribution in [2.75, 3.05) is 0 Å². The van der Waals surface area contributed by atoms with Crippen LogP contribution in [-0.4, -0.2) is 4.92 Å². The van der Waals surface area contributed by atoms with E-state index in [0.29, 0.717) is 0 Å². The predicted molar refractivity (Wildman–Crippen MR) is 73.1 cm³/mol. The molecule has 0 saturated heterocycles. The third-order valence-electron chi connectivity index (χ3n) is 2.69. The van der Waals surface area contributed by atoms with Gasteiger partial charge >= 0.3 is 0 Å². The molecule has 0 spiro atoms. The van der Waals surface area contributed by atoms with Crippen LogP contribution in [0.2, 0.25) is 0 Å². The Morgan fingerprint density at radius 1 is 1.00 bits per heavy atom. The minimum absolute atomic E-state index is 0.170. The van der Waals surface area contributed by atoms with Gasteiger partial charge in [-0.3, -0.25) is 10.1 Å². The normalized spacial score (nSPS) is 10.3. The molecule has 0 aliphatic carbocycles. The van der Waals surface area contributed by atoms with E-state index in [0.717, 1.165) is 20.9 Å². The molecule has 18 heavy (non-hydrogen) atoms. The summed E-state index contributed by atoms with van der Waals surface area (Å²) in [5.74, 6) is 0. The summed E-state index contributed by atoms with van der Waals surface area (Å²) in [6, 6.07) is 13.1. The van der Waals surface area contributed by atoms with E-state index in [4.69, 9.17) is 0 Å². The van der Waals surface area contributed by atoms with Crippen LogP contribution >= 0.6 is 11.8 Å². The number of benzene rings is 2. The van der Waals surface area contributed by atoms with Gasteiger partial charge in [0.25, 0.3) is 5.69 Å². The average molecular weight is 259 g/mol. The van der Waals surface area contributed by atoms with Crippen LogP contribution in [0.5, 0.6) is 0 Å². The maximum absolute atomic E-state index is 11.0. The van der Waals surface area contributed by atoms with Gasteiger partial charge in [-0.2, -0.15) is 0 Å². The molecule has 2 aromatic rings. The molecular formula is C14H13NO2S. The number of nitro groups is 1. The number of hydrogen-bond acceptors (Lipinski definition) is 3. The van der Waals surface area contributed by atoms with Gasteiger partial charge in [0, 0.05) is 11.0 Å². The van der Waals surface area contributed by atoms with Crippen LogP contribution in [-0.2, 0) is 0 Å². The molecule has 2 aromatic carbocycles. The summed E-state index contributed by atoms with van der Waals surface area (Å²) in [6.45, 7) is 3.90. The molecule has 0 unspecified atom stereocenters. The molecule has 0 fully saturated rings. The van der Waals surface area contributed by atoms with Gasteiger partial charge in [-0.1, -0.05) is 42.1 Å². The van der Waals surface area contributed by atoms with E-state index >= 15 is 0 Å². The monoisotopic (exact) mass is 259 g/mol. The minimum atomic E-state index is -0.326. The standard InChI is InChI=1S/C14H13NO2S/c1-10-6-3-4-9-13(10)18-14-11(2)7-5-8-12(14)15(16)17/h3-9H,1-2H3. The average Bonchev–Trinajstić information content (AvgIpc) is 2.34. The highest BCUT2D eigenvalue weighted by atomic mass is 32.2. The SMILES string of the molecule is Cc1ccccc1Sc1c(C)cccc1[N+](=O)[O-]. The minimum Gasteiger partial charge on any atom is -0.258 e. The number of aryl methyl sites for hydroxylation is 2. The van der Waals surface area contributed by atoms with E-state index < -0.39 is 0 Å². The molecule has 0 N–H and O–H groups in total. The first-order chi connectivity index (χ1) is 8.59. The molecule has 2 rings (SSSR count). The molecule has 0 aromatic heterocycles. The zero-order valence-electron chi connectivity index (χ0n) is 10.2. The lowest BCUT2D eigenvalue weighted by Gasteiger charge is -2.08. The molecular weight excluding hydrogens is 246 g/mol. The number of nitrogens with zero attached hydrogens (tertiary/aromatic N) is 1. The topological polar surface area (TPSA) is 43.1 Å². The van der Waals surface area contributed by atoms with Crippen LogP contribution in [0.15, 0.2) is 52.3 Å². The highest BCUT2D eigenvalue weighted by Gasteiger charge is 2.17. The fraction of sp³-hybridized carbons (Fsp3) is 0.143. The molecule has 92 valence electrons. The molecule has 0 radical (unpaired) electrons. The van der Waals surface area contributed by atoms with E-state index in [1.807, 2.05) is 44.2 Å². The Balaban J connectivity index is 2.46. The molecule has 0 aliphatic heterocycles. The highest BCUT2D eigenvalue weighted by Crippen LogP contribution is 2.38. The second-order valence-corrected chi connectivity index (χ2v) is 5.10. The lowest BCUT2D eigenvalue weighted by atomic mass is 10.2. The number of hydrogen-bond donors (Lipinski definition) is 0. The van der Waals surface area contributed by atoms with Crippen LogP contribution in [0.4, 0.5) is 5.69 Å². The zero-order chi connectivity index (χ0) is 13.1. The third kappa shape index (κ3) is 2.54. The maximum atomic E-state index is 11.0. The summed E-state index contributed by atoms with van der Waals surface area (Å²) in [6.07, 6.45) is 0. The number of rotatable bonds is 3. The van der Waals surface area contributed by atoms with Crippen LogP contribution in [0, 0.1) is 24.0 Å². The van der Waals surface area contributed by atoms with Gasteiger partial charge < -0.3 is 0 Å². The Kier molecular flexibility index (Phi) is 3.67. The molecule has 4 heteroatoms. The Bertz CT molecular complexity index is 596. The Labute approximate surface area is 110 Å². The van der Waals surface area contributed by atoms with Crippen molar-refractivity contribution in [1.82, 2.24) is 0 Å². The van der Waals surface area contributed by atoms with Crippen molar-refractivity contribution in [1.29, 1.82) is 0 Å². The largest absolute Gasteiger partial charge is 0.283 e. The van der Waals surface area contributed by atoms with Crippen molar-refractivity contribution in [3.63, 3.8) is 0 Å². The van der Waals surface area contributed by atoms with Crippen LogP contribution in [0.1, 0.15) is 11.1 Å². The van der Waals surface area contributed by atoms with Gasteiger partial charge in [-0.25, -0.2) is 0 Å². The van der Waals surface area contributed by atoms with Gasteiger partial charge in [0.05, 0.1) is 9.82 Å². The molecule has 0 amide bonds. The summed E-state index contributed by atoms with van der Waals surface area (Å²) < 4.78 is 0. The van der Waals surface area contributed by atoms with Crippen molar-refractivity contribution >= 4 is 17.4 Å². The smallest absolute Gasteiger partial charge is 0.258 e. The second-order valence-electron chi connectivity index (χ2n) is 4.05. The van der Waals surface area contributed by atoms with Crippen LogP contribution in [0.25, 0.3) is 0 Å². The van der Waals surface area contributed by atoms with Crippen molar-refractivity contribution < 1.29 is 4.92 Å². The van der Waals surface area contributed by atoms with Crippen molar-refractivity contribution in [2.45, 2.75) is 23.6 Å². The maximum Gasteiger partial charge on any atom is 0.283 e. The fourth-order valence-electron chi connectivity index (χ4n) is 1.69. The van der Waals surface area contributed by atoms with Crippen LogP contribution in [0.3, 0.4) is 0 Å². The number of nitro benzene ring substituents is 1. The first-order valence-corrected chi connectivity index (χ1v) is 6.38. The lowest BCUT2D eigenvalue weighted by molar-refractivity contribution is -0.387. The summed E-state index contributed by atoms with van der Waals surface area (Å²) in [5.41, 5.74) is 2.22. The second kappa shape index (κ2) is 5.23. The lowest BCUT2D eigenvalue weighted by Crippen LogP contribution is -1.93. The molecule has 0 heterocycles. The van der Waals surface area contributed by atoms with Crippen molar-refractivity contribution in [3.8, 4) is 0 Å². The van der Waals surface area contributed by atoms with E-state index in [1.54, 1.807) is 12.1 Å². The van der Waals surface area contributed by atoms with E-state index in [-0.39, 0.29) is 10.6 Å².